The Bertz CT molecular complexity index is 654. The number of aromatic carboxylic acids is 1. The second kappa shape index (κ2) is 5.08. The van der Waals surface area contributed by atoms with Gasteiger partial charge in [-0.25, -0.2) is 14.2 Å². The number of rotatable bonds is 3. The predicted molar refractivity (Wildman–Crippen MR) is 63.8 cm³/mol. The normalized spacial score (nSPS) is 11.4. The molecule has 0 spiro atoms. The van der Waals surface area contributed by atoms with Gasteiger partial charge in [0.05, 0.1) is 5.69 Å². The first kappa shape index (κ1) is 14.3. The molecule has 0 unspecified atom stereocenters. The molecule has 0 radical (unpaired) electrons. The van der Waals surface area contributed by atoms with E-state index in [1.54, 1.807) is 0 Å². The second-order valence-electron chi connectivity index (χ2n) is 3.60. The van der Waals surface area contributed by atoms with Crippen LogP contribution in [0.25, 0.3) is 0 Å². The van der Waals surface area contributed by atoms with Crippen molar-refractivity contribution in [1.29, 1.82) is 0 Å². The van der Waals surface area contributed by atoms with Crippen LogP contribution in [0, 0.1) is 5.82 Å². The summed E-state index contributed by atoms with van der Waals surface area (Å²) in [5.74, 6) is -2.43. The van der Waals surface area contributed by atoms with Crippen molar-refractivity contribution in [2.75, 3.05) is 5.32 Å². The lowest BCUT2D eigenvalue weighted by Gasteiger charge is -2.03. The fourth-order valence-electron chi connectivity index (χ4n) is 1.39. The van der Waals surface area contributed by atoms with E-state index in [1.807, 2.05) is 0 Å². The predicted octanol–water partition coefficient (Wildman–Crippen LogP) is 3.74. The van der Waals surface area contributed by atoms with Crippen molar-refractivity contribution in [2.24, 2.45) is 0 Å². The number of carboxylic acids is 1. The highest BCUT2D eigenvalue weighted by atomic mass is 32.1. The number of hydrogen-bond donors (Lipinski definition) is 2. The molecule has 1 aromatic carbocycles. The number of nitrogens with zero attached hydrogens (tertiary/aromatic N) is 1. The van der Waals surface area contributed by atoms with Crippen molar-refractivity contribution in [3.8, 4) is 0 Å². The van der Waals surface area contributed by atoms with E-state index in [1.165, 1.54) is 18.2 Å². The van der Waals surface area contributed by atoms with Crippen LogP contribution in [0.3, 0.4) is 0 Å². The number of carbonyl (C=O) groups is 1. The molecule has 2 N–H and O–H groups in total. The first-order valence-corrected chi connectivity index (χ1v) is 5.93. The van der Waals surface area contributed by atoms with Crippen LogP contribution in [-0.2, 0) is 6.18 Å². The van der Waals surface area contributed by atoms with Gasteiger partial charge < -0.3 is 10.4 Å². The van der Waals surface area contributed by atoms with Gasteiger partial charge in [-0.1, -0.05) is 23.5 Å². The van der Waals surface area contributed by atoms with E-state index in [0.717, 1.165) is 6.07 Å². The minimum Gasteiger partial charge on any atom is -0.477 e. The summed E-state index contributed by atoms with van der Waals surface area (Å²) in [4.78, 5) is 13.0. The Morgan fingerprint density at radius 3 is 2.45 bits per heavy atom. The first-order valence-electron chi connectivity index (χ1n) is 5.12. The molecular formula is C11H6F4N2O2S. The van der Waals surface area contributed by atoms with Crippen molar-refractivity contribution in [3.05, 3.63) is 40.7 Å². The summed E-state index contributed by atoms with van der Waals surface area (Å²) in [6.07, 6.45) is -4.89. The summed E-state index contributed by atoms with van der Waals surface area (Å²) in [5, 5.41) is 10.7. The molecule has 0 bridgehead atoms. The molecule has 2 rings (SSSR count). The van der Waals surface area contributed by atoms with Gasteiger partial charge in [0.25, 0.3) is 0 Å². The van der Waals surface area contributed by atoms with Crippen LogP contribution in [0.1, 0.15) is 15.4 Å². The summed E-state index contributed by atoms with van der Waals surface area (Å²) in [7, 11) is 0. The van der Waals surface area contributed by atoms with E-state index in [4.69, 9.17) is 5.11 Å². The van der Waals surface area contributed by atoms with Crippen LogP contribution >= 0.6 is 11.3 Å². The minimum absolute atomic E-state index is 0.0908. The maximum absolute atomic E-state index is 13.4. The van der Waals surface area contributed by atoms with Crippen LogP contribution in [-0.4, -0.2) is 16.1 Å². The lowest BCUT2D eigenvalue weighted by molar-refractivity contribution is -0.141. The monoisotopic (exact) mass is 306 g/mol. The number of nitrogens with one attached hydrogen (secondary N) is 1. The maximum Gasteiger partial charge on any atom is 0.435 e. The van der Waals surface area contributed by atoms with E-state index in [0.29, 0.717) is 0 Å². The molecule has 0 aliphatic heterocycles. The Labute approximate surface area is 113 Å². The van der Waals surface area contributed by atoms with Crippen LogP contribution in [0.15, 0.2) is 24.3 Å². The zero-order valence-corrected chi connectivity index (χ0v) is 10.3. The number of carboxylic acid groups (broad SMARTS) is 1. The zero-order chi connectivity index (χ0) is 14.9. The fraction of sp³-hybridized carbons (Fsp3) is 0.0909. The second-order valence-corrected chi connectivity index (χ2v) is 4.60. The third-order valence-corrected chi connectivity index (χ3v) is 3.16. The SMILES string of the molecule is O=C(O)c1sc(Nc2ccccc2F)nc1C(F)(F)F. The van der Waals surface area contributed by atoms with Crippen LogP contribution in [0.2, 0.25) is 0 Å². The molecule has 0 fully saturated rings. The smallest absolute Gasteiger partial charge is 0.435 e. The Kier molecular flexibility index (Phi) is 3.62. The van der Waals surface area contributed by atoms with E-state index in [9.17, 15) is 22.4 Å². The molecule has 0 saturated heterocycles. The lowest BCUT2D eigenvalue weighted by atomic mass is 10.3. The molecule has 106 valence electrons. The van der Waals surface area contributed by atoms with Crippen molar-refractivity contribution >= 4 is 28.1 Å². The van der Waals surface area contributed by atoms with E-state index in [-0.39, 0.29) is 22.2 Å². The van der Waals surface area contributed by atoms with Gasteiger partial charge in [-0.3, -0.25) is 0 Å². The van der Waals surface area contributed by atoms with Gasteiger partial charge in [0.2, 0.25) is 0 Å². The molecule has 4 nitrogen and oxygen atoms in total. The van der Waals surface area contributed by atoms with Gasteiger partial charge in [-0.15, -0.1) is 0 Å². The highest BCUT2D eigenvalue weighted by Gasteiger charge is 2.39. The van der Waals surface area contributed by atoms with E-state index >= 15 is 0 Å². The first-order chi connectivity index (χ1) is 9.29. The quantitative estimate of drug-likeness (QED) is 0.848. The molecule has 1 heterocycles. The summed E-state index contributed by atoms with van der Waals surface area (Å²) >= 11 is 0.290. The van der Waals surface area contributed by atoms with Crippen LogP contribution in [0.5, 0.6) is 0 Å². The largest absolute Gasteiger partial charge is 0.477 e. The summed E-state index contributed by atoms with van der Waals surface area (Å²) < 4.78 is 51.2. The van der Waals surface area contributed by atoms with Gasteiger partial charge in [0.15, 0.2) is 10.8 Å². The third kappa shape index (κ3) is 2.87. The Hall–Kier alpha value is -2.16. The zero-order valence-electron chi connectivity index (χ0n) is 9.53. The summed E-state index contributed by atoms with van der Waals surface area (Å²) in [6.45, 7) is 0. The van der Waals surface area contributed by atoms with Gasteiger partial charge >= 0.3 is 12.1 Å². The molecule has 0 amide bonds. The summed E-state index contributed by atoms with van der Waals surface area (Å²) in [5.41, 5.74) is -1.60. The van der Waals surface area contributed by atoms with Crippen LogP contribution in [0.4, 0.5) is 28.4 Å². The summed E-state index contributed by atoms with van der Waals surface area (Å²) in [6, 6.07) is 5.29. The van der Waals surface area contributed by atoms with Crippen molar-refractivity contribution in [2.45, 2.75) is 6.18 Å². The fourth-order valence-corrected chi connectivity index (χ4v) is 2.23. The number of halogens is 4. The van der Waals surface area contributed by atoms with E-state index in [2.05, 4.69) is 10.3 Å². The Morgan fingerprint density at radius 2 is 1.95 bits per heavy atom. The highest BCUT2D eigenvalue weighted by Crippen LogP contribution is 2.37. The molecule has 0 aliphatic rings. The number of benzene rings is 1. The van der Waals surface area contributed by atoms with E-state index < -0.39 is 28.5 Å². The standard InChI is InChI=1S/C11H6F4N2O2S/c12-5-3-1-2-4-6(5)16-10-17-8(11(13,14)15)7(20-10)9(18)19/h1-4H,(H,16,17)(H,18,19). The van der Waals surface area contributed by atoms with Gasteiger partial charge in [-0.2, -0.15) is 13.2 Å². The van der Waals surface area contributed by atoms with Gasteiger partial charge in [0, 0.05) is 0 Å². The third-order valence-electron chi connectivity index (χ3n) is 2.21. The Balaban J connectivity index is 2.40. The number of alkyl halides is 3. The number of anilines is 2. The highest BCUT2D eigenvalue weighted by molar-refractivity contribution is 7.17. The number of hydrogen-bond acceptors (Lipinski definition) is 4. The molecule has 9 heteroatoms. The average molecular weight is 306 g/mol. The van der Waals surface area contributed by atoms with Crippen molar-refractivity contribution < 1.29 is 27.5 Å². The molecule has 2 aromatic rings. The molecule has 0 aliphatic carbocycles. The topological polar surface area (TPSA) is 62.2 Å². The maximum atomic E-state index is 13.4. The van der Waals surface area contributed by atoms with Gasteiger partial charge in [-0.05, 0) is 12.1 Å². The number of para-hydroxylation sites is 1. The average Bonchev–Trinajstić information content (AvgIpc) is 2.76. The molecule has 1 aromatic heterocycles. The lowest BCUT2D eigenvalue weighted by Crippen LogP contribution is -2.11. The minimum atomic E-state index is -4.89. The number of aromatic nitrogens is 1. The van der Waals surface area contributed by atoms with Gasteiger partial charge in [0.1, 0.15) is 10.7 Å². The molecule has 0 atom stereocenters. The molecular weight excluding hydrogens is 300 g/mol. The molecule has 0 saturated carbocycles. The van der Waals surface area contributed by atoms with Crippen molar-refractivity contribution in [1.82, 2.24) is 4.98 Å². The molecule has 20 heavy (non-hydrogen) atoms. The van der Waals surface area contributed by atoms with Crippen LogP contribution < -0.4 is 5.32 Å². The Morgan fingerprint density at radius 1 is 1.30 bits per heavy atom. The number of thiazole rings is 1. The van der Waals surface area contributed by atoms with Crippen molar-refractivity contribution in [3.63, 3.8) is 0 Å².